The number of hydrogen-bond donors (Lipinski definition) is 1. The van der Waals surface area contributed by atoms with Crippen LogP contribution in [0.25, 0.3) is 0 Å². The summed E-state index contributed by atoms with van der Waals surface area (Å²) in [4.78, 5) is 22.6. The Morgan fingerprint density at radius 1 is 1.56 bits per heavy atom. The Morgan fingerprint density at radius 3 is 2.62 bits per heavy atom. The highest BCUT2D eigenvalue weighted by Gasteiger charge is 2.14. The number of rotatable bonds is 4. The Balaban J connectivity index is 2.65. The Labute approximate surface area is 99.6 Å². The van der Waals surface area contributed by atoms with E-state index in [1.807, 2.05) is 0 Å². The van der Waals surface area contributed by atoms with Crippen LogP contribution in [0.15, 0.2) is 12.3 Å². The molecule has 4 nitrogen and oxygen atoms in total. The van der Waals surface area contributed by atoms with E-state index in [0.717, 1.165) is 0 Å². The van der Waals surface area contributed by atoms with Crippen LogP contribution in [-0.2, 0) is 11.8 Å². The zero-order chi connectivity index (χ0) is 12.3. The molecule has 0 saturated heterocycles. The average Bonchev–Trinajstić information content (AvgIpc) is 2.43. The molecule has 16 heavy (non-hydrogen) atoms. The summed E-state index contributed by atoms with van der Waals surface area (Å²) in [6.45, 7) is 3.30. The van der Waals surface area contributed by atoms with Gasteiger partial charge in [-0.1, -0.05) is 11.6 Å². The number of aryl methyl sites for hydroxylation is 1. The van der Waals surface area contributed by atoms with E-state index in [2.05, 4.69) is 5.32 Å². The van der Waals surface area contributed by atoms with Gasteiger partial charge in [-0.3, -0.25) is 9.59 Å². The number of carbonyl (C=O) groups excluding carboxylic acids is 2. The summed E-state index contributed by atoms with van der Waals surface area (Å²) in [6, 6.07) is 1.43. The molecular formula is C11H15ClN2O2. The van der Waals surface area contributed by atoms with Crippen molar-refractivity contribution in [1.29, 1.82) is 0 Å². The lowest BCUT2D eigenvalue weighted by Crippen LogP contribution is -2.34. The summed E-state index contributed by atoms with van der Waals surface area (Å²) in [5, 5.41) is 3.26. The number of hydrogen-bond acceptors (Lipinski definition) is 2. The Kier molecular flexibility index (Phi) is 4.12. The summed E-state index contributed by atoms with van der Waals surface area (Å²) >= 11 is 5.78. The van der Waals surface area contributed by atoms with Crippen LogP contribution in [0.3, 0.4) is 0 Å². The van der Waals surface area contributed by atoms with Crippen molar-refractivity contribution in [1.82, 2.24) is 9.88 Å². The molecule has 88 valence electrons. The molecule has 1 atom stereocenters. The molecule has 0 aliphatic rings. The van der Waals surface area contributed by atoms with Crippen LogP contribution in [0.5, 0.6) is 0 Å². The van der Waals surface area contributed by atoms with E-state index in [1.54, 1.807) is 30.8 Å². The van der Waals surface area contributed by atoms with E-state index >= 15 is 0 Å². The van der Waals surface area contributed by atoms with Gasteiger partial charge in [0.15, 0.2) is 0 Å². The summed E-state index contributed by atoms with van der Waals surface area (Å²) in [5.74, 6) is -0.166. The Morgan fingerprint density at radius 2 is 2.19 bits per heavy atom. The number of halogens is 1. The van der Waals surface area contributed by atoms with Crippen LogP contribution in [0.1, 0.15) is 30.8 Å². The van der Waals surface area contributed by atoms with Crippen molar-refractivity contribution in [3.05, 3.63) is 23.0 Å². The molecule has 0 aliphatic heterocycles. The molecule has 1 rings (SSSR count). The smallest absolute Gasteiger partial charge is 0.268 e. The van der Waals surface area contributed by atoms with Gasteiger partial charge in [-0.15, -0.1) is 0 Å². The molecule has 0 fully saturated rings. The predicted octanol–water partition coefficient (Wildman–Crippen LogP) is 1.78. The fourth-order valence-electron chi connectivity index (χ4n) is 1.53. The third kappa shape index (κ3) is 3.38. The fraction of sp³-hybridized carbons (Fsp3) is 0.455. The first-order valence-electron chi connectivity index (χ1n) is 5.02. The van der Waals surface area contributed by atoms with E-state index in [-0.39, 0.29) is 17.7 Å². The summed E-state index contributed by atoms with van der Waals surface area (Å²) in [5.41, 5.74) is 0.486. The maximum absolute atomic E-state index is 11.8. The highest BCUT2D eigenvalue weighted by molar-refractivity contribution is 6.31. The van der Waals surface area contributed by atoms with E-state index in [4.69, 9.17) is 11.6 Å². The zero-order valence-electron chi connectivity index (χ0n) is 9.58. The van der Waals surface area contributed by atoms with Crippen molar-refractivity contribution in [2.75, 3.05) is 0 Å². The van der Waals surface area contributed by atoms with Gasteiger partial charge in [0.2, 0.25) is 0 Å². The molecule has 5 heteroatoms. The molecule has 1 amide bonds. The Hall–Kier alpha value is -1.29. The van der Waals surface area contributed by atoms with Crippen LogP contribution in [-0.4, -0.2) is 22.3 Å². The van der Waals surface area contributed by atoms with Gasteiger partial charge >= 0.3 is 0 Å². The summed E-state index contributed by atoms with van der Waals surface area (Å²) in [7, 11) is 1.75. The number of Topliss-reactive ketones (excluding diaryl/α,β-unsaturated/α-hetero) is 1. The van der Waals surface area contributed by atoms with Gasteiger partial charge in [0.05, 0.1) is 5.02 Å². The minimum atomic E-state index is -0.219. The van der Waals surface area contributed by atoms with Crippen molar-refractivity contribution < 1.29 is 9.59 Å². The molecule has 1 heterocycles. The average molecular weight is 243 g/mol. The monoisotopic (exact) mass is 242 g/mol. The molecule has 1 aromatic rings. The first-order valence-corrected chi connectivity index (χ1v) is 5.40. The second-order valence-corrected chi connectivity index (χ2v) is 4.37. The topological polar surface area (TPSA) is 51.1 Å². The number of nitrogens with zero attached hydrogens (tertiary/aromatic N) is 1. The lowest BCUT2D eigenvalue weighted by atomic mass is 10.2. The van der Waals surface area contributed by atoms with Crippen molar-refractivity contribution in [3.8, 4) is 0 Å². The van der Waals surface area contributed by atoms with Gasteiger partial charge < -0.3 is 9.88 Å². The normalized spacial score (nSPS) is 12.2. The van der Waals surface area contributed by atoms with E-state index < -0.39 is 0 Å². The van der Waals surface area contributed by atoms with E-state index in [1.165, 1.54) is 6.92 Å². The second-order valence-electron chi connectivity index (χ2n) is 3.94. The molecule has 0 bridgehead atoms. The van der Waals surface area contributed by atoms with Crippen LogP contribution in [0.4, 0.5) is 0 Å². The molecular weight excluding hydrogens is 228 g/mol. The van der Waals surface area contributed by atoms with Crippen molar-refractivity contribution in [3.63, 3.8) is 0 Å². The first kappa shape index (κ1) is 12.8. The highest BCUT2D eigenvalue weighted by Crippen LogP contribution is 2.12. The largest absolute Gasteiger partial charge is 0.348 e. The number of carbonyl (C=O) groups is 2. The minimum Gasteiger partial charge on any atom is -0.348 e. The summed E-state index contributed by atoms with van der Waals surface area (Å²) < 4.78 is 1.65. The van der Waals surface area contributed by atoms with Crippen molar-refractivity contribution in [2.24, 2.45) is 7.05 Å². The maximum atomic E-state index is 11.8. The molecule has 0 radical (unpaired) electrons. The first-order chi connectivity index (χ1) is 7.40. The molecule has 1 unspecified atom stereocenters. The molecule has 0 spiro atoms. The molecule has 1 N–H and O–H groups in total. The molecule has 0 saturated carbocycles. The third-order valence-corrected chi connectivity index (χ3v) is 2.38. The number of nitrogens with one attached hydrogen (secondary N) is 1. The van der Waals surface area contributed by atoms with Gasteiger partial charge in [-0.25, -0.2) is 0 Å². The number of ketones is 1. The maximum Gasteiger partial charge on any atom is 0.268 e. The SMILES string of the molecule is CC(=O)CC(C)NC(=O)c1cc(Cl)cn1C. The molecule has 0 aromatic carbocycles. The highest BCUT2D eigenvalue weighted by atomic mass is 35.5. The van der Waals surface area contributed by atoms with Crippen LogP contribution in [0.2, 0.25) is 5.02 Å². The second kappa shape index (κ2) is 5.16. The molecule has 0 aliphatic carbocycles. The summed E-state index contributed by atoms with van der Waals surface area (Å²) in [6.07, 6.45) is 2.00. The third-order valence-electron chi connectivity index (χ3n) is 2.18. The Bertz CT molecular complexity index is 412. The lowest BCUT2D eigenvalue weighted by molar-refractivity contribution is -0.117. The van der Waals surface area contributed by atoms with Gasteiger partial charge in [-0.05, 0) is 19.9 Å². The van der Waals surface area contributed by atoms with Crippen molar-refractivity contribution in [2.45, 2.75) is 26.3 Å². The predicted molar refractivity (Wildman–Crippen MR) is 62.6 cm³/mol. The fourth-order valence-corrected chi connectivity index (χ4v) is 1.78. The lowest BCUT2D eigenvalue weighted by Gasteiger charge is -2.12. The number of aromatic nitrogens is 1. The van der Waals surface area contributed by atoms with Gasteiger partial charge in [0, 0.05) is 25.7 Å². The van der Waals surface area contributed by atoms with Gasteiger partial charge in [0.25, 0.3) is 5.91 Å². The van der Waals surface area contributed by atoms with Crippen molar-refractivity contribution >= 4 is 23.3 Å². The minimum absolute atomic E-state index is 0.0534. The van der Waals surface area contributed by atoms with Gasteiger partial charge in [0.1, 0.15) is 11.5 Å². The van der Waals surface area contributed by atoms with E-state index in [0.29, 0.717) is 17.1 Å². The zero-order valence-corrected chi connectivity index (χ0v) is 10.3. The standard InChI is InChI=1S/C11H15ClN2O2/c1-7(4-8(2)15)13-11(16)10-5-9(12)6-14(10)3/h5-7H,4H2,1-3H3,(H,13,16). The molecule has 1 aromatic heterocycles. The van der Waals surface area contributed by atoms with Crippen LogP contribution < -0.4 is 5.32 Å². The van der Waals surface area contributed by atoms with E-state index in [9.17, 15) is 9.59 Å². The van der Waals surface area contributed by atoms with Gasteiger partial charge in [-0.2, -0.15) is 0 Å². The van der Waals surface area contributed by atoms with Crippen LogP contribution >= 0.6 is 11.6 Å². The van der Waals surface area contributed by atoms with Crippen LogP contribution in [0, 0.1) is 0 Å². The quantitative estimate of drug-likeness (QED) is 0.875. The number of amides is 1.